The lowest BCUT2D eigenvalue weighted by Crippen LogP contribution is -2.41. The molecule has 3 aromatic rings. The van der Waals surface area contributed by atoms with Crippen molar-refractivity contribution in [2.24, 2.45) is 0 Å². The quantitative estimate of drug-likeness (QED) is 0.392. The molecular weight excluding hydrogens is 485 g/mol. The Kier molecular flexibility index (Phi) is 8.21. The van der Waals surface area contributed by atoms with E-state index in [1.165, 1.54) is 32.0 Å². The second kappa shape index (κ2) is 11.9. The second-order valence-corrected chi connectivity index (χ2v) is 10.9. The lowest BCUT2D eigenvalue weighted by atomic mass is 10.0. The molecular formula is C30H32FN3O2S. The van der Waals surface area contributed by atoms with Crippen molar-refractivity contribution in [3.05, 3.63) is 95.3 Å². The number of hydrogen-bond donors (Lipinski definition) is 1. The average molecular weight is 518 g/mol. The molecule has 2 aliphatic heterocycles. The molecule has 5 nitrogen and oxygen atoms in total. The van der Waals surface area contributed by atoms with Gasteiger partial charge >= 0.3 is 0 Å². The van der Waals surface area contributed by atoms with Crippen molar-refractivity contribution in [3.63, 3.8) is 0 Å². The third-order valence-electron chi connectivity index (χ3n) is 7.03. The normalized spacial score (nSPS) is 17.6. The van der Waals surface area contributed by atoms with Crippen LogP contribution in [0.15, 0.2) is 77.7 Å². The number of carbonyl (C=O) groups is 2. The van der Waals surface area contributed by atoms with Gasteiger partial charge in [0.05, 0.1) is 17.5 Å². The van der Waals surface area contributed by atoms with Gasteiger partial charge in [-0.1, -0.05) is 42.5 Å². The minimum atomic E-state index is -0.327. The molecule has 2 aliphatic rings. The topological polar surface area (TPSA) is 52.7 Å². The number of fused-ring (bicyclic) bond motifs is 1. The summed E-state index contributed by atoms with van der Waals surface area (Å²) in [6.45, 7) is 4.23. The van der Waals surface area contributed by atoms with Gasteiger partial charge in [-0.05, 0) is 81.2 Å². The summed E-state index contributed by atoms with van der Waals surface area (Å²) in [6.07, 6.45) is 4.04. The van der Waals surface area contributed by atoms with Crippen molar-refractivity contribution < 1.29 is 14.0 Å². The van der Waals surface area contributed by atoms with E-state index in [1.807, 2.05) is 48.5 Å². The number of anilines is 1. The molecule has 7 heteroatoms. The Morgan fingerprint density at radius 2 is 1.70 bits per heavy atom. The summed E-state index contributed by atoms with van der Waals surface area (Å²) in [5, 5.41) is 2.69. The largest absolute Gasteiger partial charge is 0.352 e. The Balaban J connectivity index is 1.21. The predicted octanol–water partition coefficient (Wildman–Crippen LogP) is 5.29. The van der Waals surface area contributed by atoms with Gasteiger partial charge in [0.15, 0.2) is 0 Å². The highest BCUT2D eigenvalue weighted by molar-refractivity contribution is 8.01. The number of thioether (sulfide) groups is 1. The Labute approximate surface area is 222 Å². The number of halogens is 1. The summed E-state index contributed by atoms with van der Waals surface area (Å²) < 4.78 is 14.4. The van der Waals surface area contributed by atoms with Crippen LogP contribution in [-0.4, -0.2) is 48.1 Å². The van der Waals surface area contributed by atoms with Crippen LogP contribution in [0.3, 0.4) is 0 Å². The zero-order valence-corrected chi connectivity index (χ0v) is 21.7. The SMILES string of the molecule is O=C(NCCCN1CCCC1)c1ccc(CC2Sc3ccccc3N(Cc3ccccc3F)C2=O)cc1. The number of carbonyl (C=O) groups excluding carboxylic acids is 2. The van der Waals surface area contributed by atoms with Crippen LogP contribution in [-0.2, 0) is 17.8 Å². The standard InChI is InChI=1S/C30H32FN3O2S/c31-25-9-2-1-8-24(25)21-34-26-10-3-4-11-27(26)37-28(30(34)36)20-22-12-14-23(15-13-22)29(35)32-16-7-19-33-17-5-6-18-33/h1-4,8-15,28H,5-7,16-21H2,(H,32,35). The fraction of sp³-hybridized carbons (Fsp3) is 0.333. The Morgan fingerprint density at radius 1 is 0.973 bits per heavy atom. The van der Waals surface area contributed by atoms with Crippen LogP contribution < -0.4 is 10.2 Å². The second-order valence-electron chi connectivity index (χ2n) is 9.65. The van der Waals surface area contributed by atoms with E-state index < -0.39 is 0 Å². The highest BCUT2D eigenvalue weighted by Gasteiger charge is 2.34. The van der Waals surface area contributed by atoms with E-state index in [9.17, 15) is 14.0 Å². The molecule has 192 valence electrons. The van der Waals surface area contributed by atoms with Crippen molar-refractivity contribution in [2.75, 3.05) is 31.1 Å². The first-order valence-electron chi connectivity index (χ1n) is 13.0. The number of rotatable bonds is 9. The van der Waals surface area contributed by atoms with E-state index in [-0.39, 0.29) is 29.4 Å². The first kappa shape index (κ1) is 25.5. The first-order chi connectivity index (χ1) is 18.1. The monoisotopic (exact) mass is 517 g/mol. The van der Waals surface area contributed by atoms with Gasteiger partial charge in [0, 0.05) is 22.6 Å². The smallest absolute Gasteiger partial charge is 0.251 e. The van der Waals surface area contributed by atoms with Crippen LogP contribution in [0.25, 0.3) is 0 Å². The minimum absolute atomic E-state index is 0.0354. The molecule has 3 aromatic carbocycles. The average Bonchev–Trinajstić information content (AvgIpc) is 3.44. The van der Waals surface area contributed by atoms with Crippen LogP contribution >= 0.6 is 11.8 Å². The Morgan fingerprint density at radius 3 is 2.49 bits per heavy atom. The maximum atomic E-state index is 14.4. The third kappa shape index (κ3) is 6.22. The number of benzene rings is 3. The molecule has 1 unspecified atom stereocenters. The molecule has 1 atom stereocenters. The molecule has 5 rings (SSSR count). The maximum Gasteiger partial charge on any atom is 0.251 e. The molecule has 0 spiro atoms. The van der Waals surface area contributed by atoms with Crippen molar-refractivity contribution in [1.82, 2.24) is 10.2 Å². The maximum absolute atomic E-state index is 14.4. The molecule has 0 saturated carbocycles. The molecule has 2 amide bonds. The highest BCUT2D eigenvalue weighted by Crippen LogP contribution is 2.41. The predicted molar refractivity (Wildman–Crippen MR) is 146 cm³/mol. The van der Waals surface area contributed by atoms with Crippen LogP contribution in [0, 0.1) is 5.82 Å². The number of likely N-dealkylation sites (tertiary alicyclic amines) is 1. The summed E-state index contributed by atoms with van der Waals surface area (Å²) in [6, 6.07) is 21.9. The number of hydrogen-bond acceptors (Lipinski definition) is 4. The molecule has 1 fully saturated rings. The number of para-hydroxylation sites is 1. The summed E-state index contributed by atoms with van der Waals surface area (Å²) in [7, 11) is 0. The van der Waals surface area contributed by atoms with Gasteiger partial charge in [0.1, 0.15) is 5.82 Å². The van der Waals surface area contributed by atoms with Gasteiger partial charge in [-0.25, -0.2) is 4.39 Å². The van der Waals surface area contributed by atoms with E-state index in [1.54, 1.807) is 34.9 Å². The molecule has 0 radical (unpaired) electrons. The lowest BCUT2D eigenvalue weighted by molar-refractivity contribution is -0.118. The summed E-state index contributed by atoms with van der Waals surface area (Å²) >= 11 is 1.54. The van der Waals surface area contributed by atoms with E-state index in [0.29, 0.717) is 24.1 Å². The zero-order valence-electron chi connectivity index (χ0n) is 20.9. The third-order valence-corrected chi connectivity index (χ3v) is 8.28. The molecule has 2 heterocycles. The minimum Gasteiger partial charge on any atom is -0.352 e. The fourth-order valence-electron chi connectivity index (χ4n) is 4.98. The first-order valence-corrected chi connectivity index (χ1v) is 13.9. The molecule has 0 aromatic heterocycles. The molecule has 1 saturated heterocycles. The molecule has 0 bridgehead atoms. The summed E-state index contributed by atoms with van der Waals surface area (Å²) in [4.78, 5) is 31.2. The molecule has 37 heavy (non-hydrogen) atoms. The molecule has 0 aliphatic carbocycles. The van der Waals surface area contributed by atoms with Gasteiger partial charge in [-0.2, -0.15) is 0 Å². The van der Waals surface area contributed by atoms with Crippen LogP contribution in [0.2, 0.25) is 0 Å². The summed E-state index contributed by atoms with van der Waals surface area (Å²) in [5.41, 5.74) is 2.92. The lowest BCUT2D eigenvalue weighted by Gasteiger charge is -2.34. The van der Waals surface area contributed by atoms with Crippen LogP contribution in [0.1, 0.15) is 40.7 Å². The molecule has 1 N–H and O–H groups in total. The van der Waals surface area contributed by atoms with Gasteiger partial charge in [0.2, 0.25) is 5.91 Å². The highest BCUT2D eigenvalue weighted by atomic mass is 32.2. The van der Waals surface area contributed by atoms with E-state index in [4.69, 9.17) is 0 Å². The Hall–Kier alpha value is -3.16. The van der Waals surface area contributed by atoms with Gasteiger partial charge < -0.3 is 15.1 Å². The zero-order chi connectivity index (χ0) is 25.6. The summed E-state index contributed by atoms with van der Waals surface area (Å²) in [5.74, 6) is -0.416. The fourth-order valence-corrected chi connectivity index (χ4v) is 6.25. The van der Waals surface area contributed by atoms with Crippen molar-refractivity contribution in [1.29, 1.82) is 0 Å². The van der Waals surface area contributed by atoms with Crippen molar-refractivity contribution >= 4 is 29.3 Å². The number of nitrogens with one attached hydrogen (secondary N) is 1. The number of nitrogens with zero attached hydrogens (tertiary/aromatic N) is 2. The van der Waals surface area contributed by atoms with E-state index >= 15 is 0 Å². The Bertz CT molecular complexity index is 1240. The van der Waals surface area contributed by atoms with Crippen molar-refractivity contribution in [3.8, 4) is 0 Å². The van der Waals surface area contributed by atoms with E-state index in [2.05, 4.69) is 10.2 Å². The number of amides is 2. The van der Waals surface area contributed by atoms with Crippen molar-refractivity contribution in [2.45, 2.75) is 42.4 Å². The van der Waals surface area contributed by atoms with E-state index in [0.717, 1.165) is 29.1 Å². The van der Waals surface area contributed by atoms with Crippen LogP contribution in [0.4, 0.5) is 10.1 Å². The van der Waals surface area contributed by atoms with Gasteiger partial charge in [-0.3, -0.25) is 9.59 Å². The van der Waals surface area contributed by atoms with Gasteiger partial charge in [-0.15, -0.1) is 11.8 Å². The van der Waals surface area contributed by atoms with Gasteiger partial charge in [0.25, 0.3) is 5.91 Å². The van der Waals surface area contributed by atoms with Crippen LogP contribution in [0.5, 0.6) is 0 Å².